The van der Waals surface area contributed by atoms with Crippen LogP contribution in [0.25, 0.3) is 0 Å². The third-order valence-corrected chi connectivity index (χ3v) is 2.74. The molecule has 0 aliphatic carbocycles. The molecule has 1 atom stereocenters. The van der Waals surface area contributed by atoms with E-state index in [0.717, 1.165) is 19.4 Å². The van der Waals surface area contributed by atoms with Gasteiger partial charge in [0.1, 0.15) is 6.04 Å². The molecule has 7 heteroatoms. The molecule has 0 aromatic carbocycles. The average Bonchev–Trinajstić information content (AvgIpc) is 2.27. The highest BCUT2D eigenvalue weighted by atomic mass is 35.5. The summed E-state index contributed by atoms with van der Waals surface area (Å²) < 4.78 is 0. The Morgan fingerprint density at radius 1 is 1.50 bits per heavy atom. The number of carbonyl (C=O) groups is 1. The molecule has 1 fully saturated rings. The second-order valence-corrected chi connectivity index (χ2v) is 4.00. The van der Waals surface area contributed by atoms with Crippen molar-refractivity contribution >= 4 is 23.5 Å². The standard InChI is InChI=1S/C9H12ClN5O/c1-5-7(10)14-15-9(12-5)13-6-3-2-4-11-8(6)16/h6H,2-4H2,1H3,(H,11,16)(H,12,13,15)/t6-/m0/s1. The highest BCUT2D eigenvalue weighted by molar-refractivity contribution is 6.29. The van der Waals surface area contributed by atoms with E-state index >= 15 is 0 Å². The number of hydrogen-bond acceptors (Lipinski definition) is 5. The fourth-order valence-electron chi connectivity index (χ4n) is 1.52. The number of aromatic nitrogens is 3. The Balaban J connectivity index is 2.08. The van der Waals surface area contributed by atoms with Gasteiger partial charge in [0.15, 0.2) is 5.15 Å². The molecule has 1 aromatic rings. The molecule has 2 N–H and O–H groups in total. The maximum Gasteiger partial charge on any atom is 0.243 e. The molecule has 0 spiro atoms. The zero-order valence-electron chi connectivity index (χ0n) is 8.83. The van der Waals surface area contributed by atoms with Crippen molar-refractivity contribution in [3.63, 3.8) is 0 Å². The van der Waals surface area contributed by atoms with Crippen molar-refractivity contribution in [2.45, 2.75) is 25.8 Å². The van der Waals surface area contributed by atoms with Crippen molar-refractivity contribution in [1.82, 2.24) is 20.5 Å². The average molecular weight is 242 g/mol. The normalized spacial score (nSPS) is 20.4. The van der Waals surface area contributed by atoms with Crippen molar-refractivity contribution in [1.29, 1.82) is 0 Å². The predicted molar refractivity (Wildman–Crippen MR) is 59.2 cm³/mol. The van der Waals surface area contributed by atoms with Crippen LogP contribution in [0.2, 0.25) is 5.15 Å². The lowest BCUT2D eigenvalue weighted by Crippen LogP contribution is -2.44. The van der Waals surface area contributed by atoms with Crippen LogP contribution in [0.1, 0.15) is 18.5 Å². The number of anilines is 1. The summed E-state index contributed by atoms with van der Waals surface area (Å²) in [5.41, 5.74) is 0.593. The minimum Gasteiger partial charge on any atom is -0.354 e. The van der Waals surface area contributed by atoms with Crippen molar-refractivity contribution < 1.29 is 4.79 Å². The minimum atomic E-state index is -0.281. The summed E-state index contributed by atoms with van der Waals surface area (Å²) in [4.78, 5) is 15.6. The molecule has 1 aliphatic rings. The van der Waals surface area contributed by atoms with Gasteiger partial charge in [0.2, 0.25) is 11.9 Å². The lowest BCUT2D eigenvalue weighted by molar-refractivity contribution is -0.123. The second kappa shape index (κ2) is 4.61. The van der Waals surface area contributed by atoms with Gasteiger partial charge >= 0.3 is 0 Å². The van der Waals surface area contributed by atoms with Gasteiger partial charge in [-0.1, -0.05) is 11.6 Å². The first-order chi connectivity index (χ1) is 7.66. The molecule has 6 nitrogen and oxygen atoms in total. The highest BCUT2D eigenvalue weighted by Crippen LogP contribution is 2.12. The summed E-state index contributed by atoms with van der Waals surface area (Å²) in [5.74, 6) is 0.311. The summed E-state index contributed by atoms with van der Waals surface area (Å²) in [6.07, 6.45) is 1.72. The molecular formula is C9H12ClN5O. The fraction of sp³-hybridized carbons (Fsp3) is 0.556. The summed E-state index contributed by atoms with van der Waals surface area (Å²) in [5, 5.41) is 13.5. The van der Waals surface area contributed by atoms with Gasteiger partial charge in [0, 0.05) is 6.54 Å². The van der Waals surface area contributed by atoms with E-state index in [-0.39, 0.29) is 17.1 Å². The first-order valence-electron chi connectivity index (χ1n) is 5.08. The fourth-order valence-corrected chi connectivity index (χ4v) is 1.60. The predicted octanol–water partition coefficient (Wildman–Crippen LogP) is 0.524. The van der Waals surface area contributed by atoms with Crippen molar-refractivity contribution in [3.05, 3.63) is 10.8 Å². The lowest BCUT2D eigenvalue weighted by Gasteiger charge is -2.22. The first kappa shape index (κ1) is 11.1. The molecule has 0 bridgehead atoms. The van der Waals surface area contributed by atoms with Gasteiger partial charge in [-0.15, -0.1) is 10.2 Å². The van der Waals surface area contributed by atoms with Gasteiger partial charge < -0.3 is 10.6 Å². The van der Waals surface area contributed by atoms with Crippen LogP contribution in [0.4, 0.5) is 5.95 Å². The van der Waals surface area contributed by atoms with Crippen LogP contribution in [-0.4, -0.2) is 33.7 Å². The van der Waals surface area contributed by atoms with Crippen molar-refractivity contribution in [3.8, 4) is 0 Å². The van der Waals surface area contributed by atoms with Gasteiger partial charge in [-0.25, -0.2) is 4.98 Å². The Hall–Kier alpha value is -1.43. The molecule has 16 heavy (non-hydrogen) atoms. The minimum absolute atomic E-state index is 0.0255. The number of piperidine rings is 1. The SMILES string of the molecule is Cc1nc(N[C@H]2CCCNC2=O)nnc1Cl. The zero-order chi connectivity index (χ0) is 11.5. The van der Waals surface area contributed by atoms with Gasteiger partial charge in [0.25, 0.3) is 0 Å². The third kappa shape index (κ3) is 2.38. The summed E-state index contributed by atoms with van der Waals surface area (Å²) >= 11 is 5.71. The number of rotatable bonds is 2. The van der Waals surface area contributed by atoms with Gasteiger partial charge in [-0.05, 0) is 19.8 Å². The van der Waals surface area contributed by atoms with Crippen LogP contribution in [0.5, 0.6) is 0 Å². The quantitative estimate of drug-likeness (QED) is 0.789. The van der Waals surface area contributed by atoms with E-state index in [1.165, 1.54) is 0 Å². The zero-order valence-corrected chi connectivity index (χ0v) is 9.58. The van der Waals surface area contributed by atoms with Gasteiger partial charge in [-0.3, -0.25) is 4.79 Å². The summed E-state index contributed by atoms with van der Waals surface area (Å²) in [6, 6.07) is -0.281. The molecule has 0 radical (unpaired) electrons. The Morgan fingerprint density at radius 2 is 2.31 bits per heavy atom. The first-order valence-corrected chi connectivity index (χ1v) is 5.45. The Morgan fingerprint density at radius 3 is 3.00 bits per heavy atom. The largest absolute Gasteiger partial charge is 0.354 e. The molecule has 2 rings (SSSR count). The smallest absolute Gasteiger partial charge is 0.243 e. The van der Waals surface area contributed by atoms with Crippen LogP contribution in [0.15, 0.2) is 0 Å². The number of nitrogens with one attached hydrogen (secondary N) is 2. The number of carbonyl (C=O) groups excluding carboxylic acids is 1. The van der Waals surface area contributed by atoms with E-state index in [1.807, 2.05) is 0 Å². The Bertz CT molecular complexity index is 411. The Kier molecular flexibility index (Phi) is 3.19. The number of nitrogens with zero attached hydrogens (tertiary/aromatic N) is 3. The van der Waals surface area contributed by atoms with E-state index in [9.17, 15) is 4.79 Å². The molecule has 86 valence electrons. The molecule has 1 amide bonds. The van der Waals surface area contributed by atoms with Gasteiger partial charge in [0.05, 0.1) is 5.69 Å². The summed E-state index contributed by atoms with van der Waals surface area (Å²) in [7, 11) is 0. The van der Waals surface area contributed by atoms with E-state index in [1.54, 1.807) is 6.92 Å². The van der Waals surface area contributed by atoms with Crippen molar-refractivity contribution in [2.75, 3.05) is 11.9 Å². The molecule has 0 saturated carbocycles. The highest BCUT2D eigenvalue weighted by Gasteiger charge is 2.22. The molecule has 1 saturated heterocycles. The van der Waals surface area contributed by atoms with E-state index in [4.69, 9.17) is 11.6 Å². The van der Waals surface area contributed by atoms with E-state index in [2.05, 4.69) is 25.8 Å². The lowest BCUT2D eigenvalue weighted by atomic mass is 10.1. The maximum absolute atomic E-state index is 11.5. The monoisotopic (exact) mass is 241 g/mol. The van der Waals surface area contributed by atoms with E-state index < -0.39 is 0 Å². The second-order valence-electron chi connectivity index (χ2n) is 3.64. The van der Waals surface area contributed by atoms with Crippen molar-refractivity contribution in [2.24, 2.45) is 0 Å². The number of hydrogen-bond donors (Lipinski definition) is 2. The van der Waals surface area contributed by atoms with Crippen LogP contribution in [0.3, 0.4) is 0 Å². The van der Waals surface area contributed by atoms with Gasteiger partial charge in [-0.2, -0.15) is 0 Å². The topological polar surface area (TPSA) is 79.8 Å². The van der Waals surface area contributed by atoms with E-state index in [0.29, 0.717) is 11.6 Å². The Labute approximate surface area is 97.8 Å². The molecule has 1 aromatic heterocycles. The molecule has 1 aliphatic heterocycles. The molecule has 0 unspecified atom stereocenters. The summed E-state index contributed by atoms with van der Waals surface area (Å²) in [6.45, 7) is 2.47. The van der Waals surface area contributed by atoms with Crippen LogP contribution >= 0.6 is 11.6 Å². The third-order valence-electron chi connectivity index (χ3n) is 2.39. The molecule has 2 heterocycles. The van der Waals surface area contributed by atoms with Crippen LogP contribution in [0, 0.1) is 6.92 Å². The number of amides is 1. The maximum atomic E-state index is 11.5. The number of aryl methyl sites for hydroxylation is 1. The number of halogens is 1. The van der Waals surface area contributed by atoms with Crippen LogP contribution < -0.4 is 10.6 Å². The van der Waals surface area contributed by atoms with Crippen LogP contribution in [-0.2, 0) is 4.79 Å². The molecular weight excluding hydrogens is 230 g/mol.